The molecule has 38 heavy (non-hydrogen) atoms. The lowest BCUT2D eigenvalue weighted by molar-refractivity contribution is -0.132. The molecule has 0 spiro atoms. The summed E-state index contributed by atoms with van der Waals surface area (Å²) in [4.78, 5) is 35.9. The fourth-order valence-corrected chi connectivity index (χ4v) is 4.62. The molecule has 1 aromatic heterocycles. The molecule has 1 atom stereocenters. The second-order valence-electron chi connectivity index (χ2n) is 8.87. The third kappa shape index (κ3) is 4.32. The first-order valence-electron chi connectivity index (χ1n) is 12.3. The average Bonchev–Trinajstić information content (AvgIpc) is 3.43. The maximum atomic E-state index is 13.5. The number of rotatable bonds is 7. The molecule has 1 saturated heterocycles. The van der Waals surface area contributed by atoms with Gasteiger partial charge in [0.1, 0.15) is 11.5 Å². The first-order chi connectivity index (χ1) is 18.3. The van der Waals surface area contributed by atoms with Crippen molar-refractivity contribution >= 4 is 34.4 Å². The normalized spacial score (nSPS) is 16.8. The Labute approximate surface area is 219 Å². The van der Waals surface area contributed by atoms with Crippen LogP contribution in [0.25, 0.3) is 16.8 Å². The first-order valence-corrected chi connectivity index (χ1v) is 12.3. The SMILES string of the molecule is CCOc1cccc(/C(O)=C2\C(=O)C(=O)N(c3nc4ccc(C)cc4[nH]3)C2c2ccc(O)c(OCC)c2)c1. The van der Waals surface area contributed by atoms with Gasteiger partial charge in [-0.1, -0.05) is 24.3 Å². The molecule has 1 unspecified atom stereocenters. The van der Waals surface area contributed by atoms with Crippen molar-refractivity contribution in [3.63, 3.8) is 0 Å². The Kier molecular flexibility index (Phi) is 6.50. The van der Waals surface area contributed by atoms with E-state index in [1.165, 1.54) is 11.0 Å². The van der Waals surface area contributed by atoms with Crippen molar-refractivity contribution in [1.82, 2.24) is 9.97 Å². The molecule has 0 bridgehead atoms. The van der Waals surface area contributed by atoms with Crippen LogP contribution in [0.1, 0.15) is 36.6 Å². The van der Waals surface area contributed by atoms with Crippen molar-refractivity contribution < 1.29 is 29.3 Å². The van der Waals surface area contributed by atoms with E-state index in [1.807, 2.05) is 32.0 Å². The largest absolute Gasteiger partial charge is 0.507 e. The number of anilines is 1. The zero-order chi connectivity index (χ0) is 27.0. The molecular formula is C29H27N3O6. The Balaban J connectivity index is 1.73. The molecule has 0 saturated carbocycles. The van der Waals surface area contributed by atoms with E-state index in [1.54, 1.807) is 43.3 Å². The van der Waals surface area contributed by atoms with Crippen LogP contribution in [0, 0.1) is 6.92 Å². The first kappa shape index (κ1) is 24.9. The number of ether oxygens (including phenoxy) is 2. The number of fused-ring (bicyclic) bond motifs is 1. The number of aliphatic hydroxyl groups is 1. The highest BCUT2D eigenvalue weighted by atomic mass is 16.5. The fourth-order valence-electron chi connectivity index (χ4n) is 4.62. The monoisotopic (exact) mass is 513 g/mol. The molecule has 5 rings (SSSR count). The van der Waals surface area contributed by atoms with Crippen LogP contribution in [-0.4, -0.2) is 45.1 Å². The van der Waals surface area contributed by atoms with E-state index in [0.29, 0.717) is 41.1 Å². The number of ketones is 1. The summed E-state index contributed by atoms with van der Waals surface area (Å²) in [6.07, 6.45) is 0. The van der Waals surface area contributed by atoms with Crippen molar-refractivity contribution in [1.29, 1.82) is 0 Å². The van der Waals surface area contributed by atoms with Crippen molar-refractivity contribution in [2.24, 2.45) is 0 Å². The summed E-state index contributed by atoms with van der Waals surface area (Å²) in [6, 6.07) is 15.8. The molecule has 9 heteroatoms. The number of nitrogens with one attached hydrogen (secondary N) is 1. The number of H-pyrrole nitrogens is 1. The number of amides is 1. The van der Waals surface area contributed by atoms with Gasteiger partial charge in [-0.15, -0.1) is 0 Å². The second kappa shape index (κ2) is 9.93. The molecule has 1 aliphatic rings. The van der Waals surface area contributed by atoms with E-state index >= 15 is 0 Å². The maximum absolute atomic E-state index is 13.5. The number of nitrogens with zero attached hydrogens (tertiary/aromatic N) is 2. The van der Waals surface area contributed by atoms with Gasteiger partial charge in [0.05, 0.1) is 35.9 Å². The smallest absolute Gasteiger partial charge is 0.302 e. The topological polar surface area (TPSA) is 125 Å². The number of hydrogen-bond donors (Lipinski definition) is 3. The minimum atomic E-state index is -1.05. The summed E-state index contributed by atoms with van der Waals surface area (Å²) in [5.74, 6) is -1.29. The van der Waals surface area contributed by atoms with Gasteiger partial charge in [-0.05, 0) is 68.3 Å². The molecule has 0 radical (unpaired) electrons. The van der Waals surface area contributed by atoms with Crippen LogP contribution >= 0.6 is 0 Å². The molecular weight excluding hydrogens is 486 g/mol. The van der Waals surface area contributed by atoms with Gasteiger partial charge in [-0.2, -0.15) is 0 Å². The van der Waals surface area contributed by atoms with Gasteiger partial charge >= 0.3 is 5.91 Å². The lowest BCUT2D eigenvalue weighted by Crippen LogP contribution is -2.30. The predicted octanol–water partition coefficient (Wildman–Crippen LogP) is 5.00. The summed E-state index contributed by atoms with van der Waals surface area (Å²) >= 11 is 0. The highest BCUT2D eigenvalue weighted by Crippen LogP contribution is 2.43. The molecule has 1 fully saturated rings. The highest BCUT2D eigenvalue weighted by molar-refractivity contribution is 6.51. The lowest BCUT2D eigenvalue weighted by atomic mass is 9.95. The number of aliphatic hydroxyl groups excluding tert-OH is 1. The van der Waals surface area contributed by atoms with Crippen molar-refractivity contribution in [3.05, 3.63) is 82.9 Å². The summed E-state index contributed by atoms with van der Waals surface area (Å²) in [5, 5.41) is 21.7. The summed E-state index contributed by atoms with van der Waals surface area (Å²) in [5.41, 5.74) is 2.98. The van der Waals surface area contributed by atoms with Gasteiger partial charge in [-0.3, -0.25) is 14.5 Å². The average molecular weight is 514 g/mol. The Morgan fingerprint density at radius 2 is 1.82 bits per heavy atom. The lowest BCUT2D eigenvalue weighted by Gasteiger charge is -2.23. The molecule has 9 nitrogen and oxygen atoms in total. The number of benzene rings is 3. The van der Waals surface area contributed by atoms with Crippen LogP contribution in [0.4, 0.5) is 5.95 Å². The number of imidazole rings is 1. The van der Waals surface area contributed by atoms with E-state index in [9.17, 15) is 19.8 Å². The minimum absolute atomic E-state index is 0.0869. The quantitative estimate of drug-likeness (QED) is 0.180. The number of aromatic nitrogens is 2. The molecule has 3 N–H and O–H groups in total. The third-order valence-corrected chi connectivity index (χ3v) is 6.32. The maximum Gasteiger partial charge on any atom is 0.302 e. The molecule has 2 heterocycles. The van der Waals surface area contributed by atoms with Crippen LogP contribution in [0.2, 0.25) is 0 Å². The van der Waals surface area contributed by atoms with Crippen LogP contribution in [0.5, 0.6) is 17.2 Å². The van der Waals surface area contributed by atoms with Crippen LogP contribution < -0.4 is 14.4 Å². The van der Waals surface area contributed by atoms with Crippen molar-refractivity contribution in [2.75, 3.05) is 18.1 Å². The van der Waals surface area contributed by atoms with Gasteiger partial charge in [0.25, 0.3) is 5.78 Å². The second-order valence-corrected chi connectivity index (χ2v) is 8.87. The number of carbonyl (C=O) groups is 2. The van der Waals surface area contributed by atoms with Gasteiger partial charge in [0, 0.05) is 5.56 Å². The third-order valence-electron chi connectivity index (χ3n) is 6.32. The highest BCUT2D eigenvalue weighted by Gasteiger charge is 2.48. The number of Topliss-reactive ketones (excluding diaryl/α,β-unsaturated/α-hetero) is 1. The molecule has 0 aliphatic carbocycles. The summed E-state index contributed by atoms with van der Waals surface area (Å²) in [7, 11) is 0. The summed E-state index contributed by atoms with van der Waals surface area (Å²) in [6.45, 7) is 6.28. The number of phenols is 1. The van der Waals surface area contributed by atoms with Crippen LogP contribution in [0.15, 0.2) is 66.2 Å². The van der Waals surface area contributed by atoms with Crippen LogP contribution in [-0.2, 0) is 9.59 Å². The number of aromatic hydroxyl groups is 1. The van der Waals surface area contributed by atoms with Crippen LogP contribution in [0.3, 0.4) is 0 Å². The van der Waals surface area contributed by atoms with Crippen molar-refractivity contribution in [3.8, 4) is 17.2 Å². The number of aryl methyl sites for hydroxylation is 1. The molecule has 1 amide bonds. The van der Waals surface area contributed by atoms with Gasteiger partial charge in [-0.25, -0.2) is 4.98 Å². The van der Waals surface area contributed by atoms with E-state index < -0.39 is 17.7 Å². The minimum Gasteiger partial charge on any atom is -0.507 e. The van der Waals surface area contributed by atoms with E-state index in [4.69, 9.17) is 9.47 Å². The van der Waals surface area contributed by atoms with Gasteiger partial charge in [0.15, 0.2) is 11.5 Å². The van der Waals surface area contributed by atoms with E-state index in [0.717, 1.165) is 5.56 Å². The number of carbonyl (C=O) groups excluding carboxylic acids is 2. The summed E-state index contributed by atoms with van der Waals surface area (Å²) < 4.78 is 11.1. The molecule has 4 aromatic rings. The Hall–Kier alpha value is -4.79. The number of aromatic amines is 1. The fraction of sp³-hybridized carbons (Fsp3) is 0.207. The zero-order valence-electron chi connectivity index (χ0n) is 21.2. The van der Waals surface area contributed by atoms with E-state index in [-0.39, 0.29) is 28.8 Å². The zero-order valence-corrected chi connectivity index (χ0v) is 21.2. The van der Waals surface area contributed by atoms with Crippen molar-refractivity contribution in [2.45, 2.75) is 26.8 Å². The predicted molar refractivity (Wildman–Crippen MR) is 143 cm³/mol. The standard InChI is InChI=1S/C29H27N3O6/c1-4-37-19-8-6-7-18(14-19)26(34)24-25(17-10-12-22(33)23(15-17)38-5-2)32(28(36)27(24)35)29-30-20-11-9-16(3)13-21(20)31-29/h6-15,25,33-34H,4-5H2,1-3H3,(H,30,31)/b26-24+. The number of hydrogen-bond acceptors (Lipinski definition) is 7. The molecule has 3 aromatic carbocycles. The Morgan fingerprint density at radius 3 is 2.58 bits per heavy atom. The molecule has 1 aliphatic heterocycles. The molecule has 194 valence electrons. The number of phenolic OH excluding ortho intramolecular Hbond substituents is 1. The Bertz CT molecular complexity index is 1590. The van der Waals surface area contributed by atoms with Gasteiger partial charge < -0.3 is 24.7 Å². The van der Waals surface area contributed by atoms with E-state index in [2.05, 4.69) is 9.97 Å². The van der Waals surface area contributed by atoms with Gasteiger partial charge in [0.2, 0.25) is 5.95 Å². The Morgan fingerprint density at radius 1 is 1.03 bits per heavy atom.